The van der Waals surface area contributed by atoms with E-state index in [0.717, 1.165) is 12.1 Å². The van der Waals surface area contributed by atoms with Gasteiger partial charge >= 0.3 is 0 Å². The zero-order chi connectivity index (χ0) is 17.5. The van der Waals surface area contributed by atoms with Gasteiger partial charge in [0.05, 0.1) is 5.56 Å². The molecule has 0 aliphatic carbocycles. The molecule has 0 aliphatic heterocycles. The largest absolute Gasteiger partial charge is 0.352 e. The second-order valence-corrected chi connectivity index (χ2v) is 6.13. The predicted molar refractivity (Wildman–Crippen MR) is 95.8 cm³/mol. The van der Waals surface area contributed by atoms with Crippen LogP contribution in [0.1, 0.15) is 47.9 Å². The number of hydrogen-bond donors (Lipinski definition) is 2. The Bertz CT molecular complexity index is 692. The molecule has 1 aromatic carbocycles. The summed E-state index contributed by atoms with van der Waals surface area (Å²) in [6, 6.07) is 10.7. The second-order valence-electron chi connectivity index (χ2n) is 6.13. The number of pyridine rings is 1. The Hall–Kier alpha value is -2.69. The van der Waals surface area contributed by atoms with E-state index in [1.807, 2.05) is 12.1 Å². The molecule has 24 heavy (non-hydrogen) atoms. The number of anilines is 2. The quantitative estimate of drug-likeness (QED) is 0.760. The van der Waals surface area contributed by atoms with Gasteiger partial charge in [0, 0.05) is 24.0 Å². The number of rotatable bonds is 7. The van der Waals surface area contributed by atoms with E-state index < -0.39 is 0 Å². The number of carbonyl (C=O) groups is 2. The van der Waals surface area contributed by atoms with Gasteiger partial charge in [0.25, 0.3) is 5.91 Å². The van der Waals surface area contributed by atoms with Gasteiger partial charge in [-0.05, 0) is 55.7 Å². The van der Waals surface area contributed by atoms with Gasteiger partial charge in [-0.25, -0.2) is 4.98 Å². The number of amides is 1. The first-order valence-corrected chi connectivity index (χ1v) is 8.08. The summed E-state index contributed by atoms with van der Waals surface area (Å²) >= 11 is 0. The summed E-state index contributed by atoms with van der Waals surface area (Å²) in [5, 5.41) is 6.03. The first-order valence-electron chi connectivity index (χ1n) is 8.08. The van der Waals surface area contributed by atoms with E-state index in [-0.39, 0.29) is 11.7 Å². The molecule has 0 unspecified atom stereocenters. The van der Waals surface area contributed by atoms with Gasteiger partial charge in [0.15, 0.2) is 5.78 Å². The Morgan fingerprint density at radius 1 is 1.04 bits per heavy atom. The smallest absolute Gasteiger partial charge is 0.252 e. The van der Waals surface area contributed by atoms with Crippen LogP contribution in [0.25, 0.3) is 0 Å². The van der Waals surface area contributed by atoms with Crippen molar-refractivity contribution in [2.45, 2.75) is 27.2 Å². The molecule has 2 rings (SSSR count). The molecule has 0 radical (unpaired) electrons. The maximum Gasteiger partial charge on any atom is 0.252 e. The molecule has 2 N–H and O–H groups in total. The molecule has 0 fully saturated rings. The molecule has 2 aromatic rings. The summed E-state index contributed by atoms with van der Waals surface area (Å²) in [7, 11) is 0. The minimum atomic E-state index is -0.111. The van der Waals surface area contributed by atoms with Crippen molar-refractivity contribution < 1.29 is 9.59 Å². The molecule has 0 atom stereocenters. The lowest BCUT2D eigenvalue weighted by molar-refractivity contribution is 0.0950. The van der Waals surface area contributed by atoms with Crippen LogP contribution >= 0.6 is 0 Å². The predicted octanol–water partition coefficient (Wildman–Crippen LogP) is 3.80. The van der Waals surface area contributed by atoms with Crippen LogP contribution < -0.4 is 10.6 Å². The molecule has 0 saturated heterocycles. The van der Waals surface area contributed by atoms with E-state index >= 15 is 0 Å². The molecular weight excluding hydrogens is 302 g/mol. The molecule has 5 nitrogen and oxygen atoms in total. The third-order valence-corrected chi connectivity index (χ3v) is 3.60. The third kappa shape index (κ3) is 5.19. The van der Waals surface area contributed by atoms with E-state index in [1.54, 1.807) is 30.5 Å². The van der Waals surface area contributed by atoms with Gasteiger partial charge in [-0.2, -0.15) is 0 Å². The molecule has 5 heteroatoms. The Kier molecular flexibility index (Phi) is 6.07. The summed E-state index contributed by atoms with van der Waals surface area (Å²) in [5.74, 6) is 1.13. The topological polar surface area (TPSA) is 71.1 Å². The Labute approximate surface area is 142 Å². The minimum Gasteiger partial charge on any atom is -0.352 e. The lowest BCUT2D eigenvalue weighted by Crippen LogP contribution is -2.25. The summed E-state index contributed by atoms with van der Waals surface area (Å²) in [4.78, 5) is 27.5. The maximum atomic E-state index is 12.0. The average molecular weight is 325 g/mol. The van der Waals surface area contributed by atoms with Gasteiger partial charge in [-0.3, -0.25) is 9.59 Å². The molecule has 0 saturated carbocycles. The van der Waals surface area contributed by atoms with Crippen LogP contribution in [0.15, 0.2) is 42.6 Å². The zero-order valence-electron chi connectivity index (χ0n) is 14.3. The first kappa shape index (κ1) is 17.7. The number of Topliss-reactive ketones (excluding diaryl/α,β-unsaturated/α-hetero) is 1. The molecule has 0 aliphatic rings. The van der Waals surface area contributed by atoms with Crippen LogP contribution in [0.3, 0.4) is 0 Å². The lowest BCUT2D eigenvalue weighted by atomic mass is 10.1. The highest BCUT2D eigenvalue weighted by atomic mass is 16.1. The van der Waals surface area contributed by atoms with Crippen molar-refractivity contribution in [1.29, 1.82) is 0 Å². The van der Waals surface area contributed by atoms with Gasteiger partial charge in [-0.15, -0.1) is 0 Å². The van der Waals surface area contributed by atoms with E-state index in [9.17, 15) is 9.59 Å². The number of aromatic nitrogens is 1. The van der Waals surface area contributed by atoms with Crippen molar-refractivity contribution in [3.8, 4) is 0 Å². The molecule has 0 bridgehead atoms. The number of benzene rings is 1. The van der Waals surface area contributed by atoms with Crippen molar-refractivity contribution in [3.05, 3.63) is 53.7 Å². The van der Waals surface area contributed by atoms with Crippen molar-refractivity contribution in [3.63, 3.8) is 0 Å². The molecule has 1 aromatic heterocycles. The Morgan fingerprint density at radius 2 is 1.71 bits per heavy atom. The van der Waals surface area contributed by atoms with Crippen LogP contribution in [0.4, 0.5) is 11.5 Å². The Morgan fingerprint density at radius 3 is 2.25 bits per heavy atom. The van der Waals surface area contributed by atoms with E-state index in [4.69, 9.17) is 0 Å². The SMILES string of the molecule is CC(=O)c1ccc(Nc2ccc(C(=O)NCCC(C)C)cn2)cc1. The first-order chi connectivity index (χ1) is 11.5. The third-order valence-electron chi connectivity index (χ3n) is 3.60. The zero-order valence-corrected chi connectivity index (χ0v) is 14.3. The molecule has 126 valence electrons. The van der Waals surface area contributed by atoms with Gasteiger partial charge < -0.3 is 10.6 Å². The maximum absolute atomic E-state index is 12.0. The number of ketones is 1. The number of nitrogens with zero attached hydrogens (tertiary/aromatic N) is 1. The fourth-order valence-electron chi connectivity index (χ4n) is 2.11. The minimum absolute atomic E-state index is 0.0347. The van der Waals surface area contributed by atoms with Crippen molar-refractivity contribution in [2.24, 2.45) is 5.92 Å². The van der Waals surface area contributed by atoms with Crippen molar-refractivity contribution in [1.82, 2.24) is 10.3 Å². The molecule has 1 amide bonds. The van der Waals surface area contributed by atoms with Crippen molar-refractivity contribution in [2.75, 3.05) is 11.9 Å². The van der Waals surface area contributed by atoms with Crippen LogP contribution in [0.2, 0.25) is 0 Å². The Balaban J connectivity index is 1.94. The standard InChI is InChI=1S/C19H23N3O2/c1-13(2)10-11-20-19(24)16-6-9-18(21-12-16)22-17-7-4-15(5-8-17)14(3)23/h4-9,12-13H,10-11H2,1-3H3,(H,20,24)(H,21,22). The van der Waals surface area contributed by atoms with E-state index in [2.05, 4.69) is 29.5 Å². The fourth-order valence-corrected chi connectivity index (χ4v) is 2.11. The molecule has 0 spiro atoms. The highest BCUT2D eigenvalue weighted by Gasteiger charge is 2.06. The summed E-state index contributed by atoms with van der Waals surface area (Å²) < 4.78 is 0. The highest BCUT2D eigenvalue weighted by molar-refractivity contribution is 5.94. The monoisotopic (exact) mass is 325 g/mol. The molecular formula is C19H23N3O2. The van der Waals surface area contributed by atoms with E-state index in [1.165, 1.54) is 6.92 Å². The lowest BCUT2D eigenvalue weighted by Gasteiger charge is -2.09. The normalized spacial score (nSPS) is 10.5. The van der Waals surface area contributed by atoms with E-state index in [0.29, 0.717) is 29.4 Å². The van der Waals surface area contributed by atoms with Crippen LogP contribution in [0.5, 0.6) is 0 Å². The fraction of sp³-hybridized carbons (Fsp3) is 0.316. The van der Waals surface area contributed by atoms with Crippen LogP contribution in [-0.2, 0) is 0 Å². The number of hydrogen-bond acceptors (Lipinski definition) is 4. The number of carbonyl (C=O) groups excluding carboxylic acids is 2. The molecule has 1 heterocycles. The summed E-state index contributed by atoms with van der Waals surface area (Å²) in [6.07, 6.45) is 2.51. The van der Waals surface area contributed by atoms with Gasteiger partial charge in [0.1, 0.15) is 5.82 Å². The van der Waals surface area contributed by atoms with Crippen LogP contribution in [-0.4, -0.2) is 23.2 Å². The summed E-state index contributed by atoms with van der Waals surface area (Å²) in [5.41, 5.74) is 2.04. The second kappa shape index (κ2) is 8.24. The van der Waals surface area contributed by atoms with Gasteiger partial charge in [-0.1, -0.05) is 13.8 Å². The summed E-state index contributed by atoms with van der Waals surface area (Å²) in [6.45, 7) is 6.45. The van der Waals surface area contributed by atoms with Gasteiger partial charge in [0.2, 0.25) is 0 Å². The number of nitrogens with one attached hydrogen (secondary N) is 2. The van der Waals surface area contributed by atoms with Crippen molar-refractivity contribution >= 4 is 23.2 Å². The average Bonchev–Trinajstić information content (AvgIpc) is 2.55. The highest BCUT2D eigenvalue weighted by Crippen LogP contribution is 2.16. The van der Waals surface area contributed by atoms with Crippen LogP contribution in [0, 0.1) is 5.92 Å².